The molecule has 17 heavy (non-hydrogen) atoms. The molecular weight excluding hydrogens is 216 g/mol. The second-order valence-corrected chi connectivity index (χ2v) is 5.59. The molecule has 4 nitrogen and oxygen atoms in total. The monoisotopic (exact) mass is 242 g/mol. The van der Waals surface area contributed by atoms with E-state index < -0.39 is 0 Å². The molecule has 1 rings (SSSR count). The molecule has 1 unspecified atom stereocenters. The third-order valence-corrected chi connectivity index (χ3v) is 3.76. The quantitative estimate of drug-likeness (QED) is 0.713. The van der Waals surface area contributed by atoms with Crippen molar-refractivity contribution in [1.82, 2.24) is 4.90 Å². The number of ether oxygens (including phenoxy) is 1. The number of carbonyl (C=O) groups is 1. The van der Waals surface area contributed by atoms with Gasteiger partial charge in [-0.25, -0.2) is 0 Å². The van der Waals surface area contributed by atoms with Crippen LogP contribution in [0.2, 0.25) is 0 Å². The zero-order valence-electron chi connectivity index (χ0n) is 11.4. The molecule has 1 aliphatic carbocycles. The van der Waals surface area contributed by atoms with E-state index in [9.17, 15) is 4.79 Å². The number of rotatable bonds is 6. The summed E-state index contributed by atoms with van der Waals surface area (Å²) in [6, 6.07) is 0. The molecule has 0 heterocycles. The highest BCUT2D eigenvalue weighted by Crippen LogP contribution is 2.43. The third kappa shape index (κ3) is 3.96. The molecule has 0 aromatic rings. The van der Waals surface area contributed by atoms with Crippen LogP contribution in [-0.4, -0.2) is 44.2 Å². The van der Waals surface area contributed by atoms with E-state index in [0.717, 1.165) is 12.8 Å². The van der Waals surface area contributed by atoms with Crippen LogP contribution in [0.3, 0.4) is 0 Å². The van der Waals surface area contributed by atoms with Crippen LogP contribution >= 0.6 is 0 Å². The molecule has 1 atom stereocenters. The molecule has 1 saturated carbocycles. The van der Waals surface area contributed by atoms with Crippen LogP contribution in [0.15, 0.2) is 0 Å². The first kappa shape index (κ1) is 14.5. The number of carbonyl (C=O) groups excluding carboxylic acids is 1. The van der Waals surface area contributed by atoms with Gasteiger partial charge in [-0.05, 0) is 18.3 Å². The number of likely N-dealkylation sites (N-methyl/N-ethyl adjacent to an activating group) is 1. The fourth-order valence-corrected chi connectivity index (χ4v) is 2.55. The highest BCUT2D eigenvalue weighted by atomic mass is 16.5. The summed E-state index contributed by atoms with van der Waals surface area (Å²) in [6.07, 6.45) is 3.35. The first-order chi connectivity index (χ1) is 7.99. The normalized spacial score (nSPS) is 22.7. The summed E-state index contributed by atoms with van der Waals surface area (Å²) in [7, 11) is 1.86. The fraction of sp³-hybridized carbons (Fsp3) is 0.923. The summed E-state index contributed by atoms with van der Waals surface area (Å²) >= 11 is 0. The van der Waals surface area contributed by atoms with Crippen LogP contribution in [0.25, 0.3) is 0 Å². The van der Waals surface area contributed by atoms with E-state index in [0.29, 0.717) is 26.3 Å². The number of nitrogens with two attached hydrogens (primary N) is 1. The Morgan fingerprint density at radius 1 is 1.47 bits per heavy atom. The van der Waals surface area contributed by atoms with Crippen LogP contribution in [-0.2, 0) is 9.53 Å². The Morgan fingerprint density at radius 2 is 2.18 bits per heavy atom. The van der Waals surface area contributed by atoms with Gasteiger partial charge in [-0.2, -0.15) is 0 Å². The summed E-state index contributed by atoms with van der Waals surface area (Å²) in [6.45, 7) is 6.73. The molecule has 1 aliphatic rings. The van der Waals surface area contributed by atoms with E-state index in [4.69, 9.17) is 10.5 Å². The van der Waals surface area contributed by atoms with Crippen molar-refractivity contribution in [3.05, 3.63) is 0 Å². The van der Waals surface area contributed by atoms with Crippen molar-refractivity contribution in [3.63, 3.8) is 0 Å². The van der Waals surface area contributed by atoms with E-state index in [1.54, 1.807) is 4.90 Å². The highest BCUT2D eigenvalue weighted by molar-refractivity contribution is 5.79. The molecule has 4 heteroatoms. The Hall–Kier alpha value is -0.610. The van der Waals surface area contributed by atoms with Gasteiger partial charge in [0.2, 0.25) is 5.91 Å². The maximum atomic E-state index is 12.3. The van der Waals surface area contributed by atoms with Crippen LogP contribution < -0.4 is 5.73 Å². The molecule has 0 spiro atoms. The molecule has 0 aromatic heterocycles. The SMILES string of the molecule is CN(CCOCCN)C(=O)C1CCCC1(C)C. The molecular formula is C13H26N2O2. The average molecular weight is 242 g/mol. The van der Waals surface area contributed by atoms with Crippen LogP contribution in [0.4, 0.5) is 0 Å². The van der Waals surface area contributed by atoms with Gasteiger partial charge in [0.15, 0.2) is 0 Å². The molecule has 0 aliphatic heterocycles. The van der Waals surface area contributed by atoms with Crippen molar-refractivity contribution in [2.45, 2.75) is 33.1 Å². The lowest BCUT2D eigenvalue weighted by Gasteiger charge is -2.30. The van der Waals surface area contributed by atoms with Crippen molar-refractivity contribution < 1.29 is 9.53 Å². The molecule has 1 fully saturated rings. The molecule has 0 bridgehead atoms. The number of amides is 1. The average Bonchev–Trinajstić information content (AvgIpc) is 2.63. The minimum atomic E-state index is 0.156. The van der Waals surface area contributed by atoms with Gasteiger partial charge in [0, 0.05) is 26.1 Å². The van der Waals surface area contributed by atoms with E-state index in [1.165, 1.54) is 6.42 Å². The zero-order valence-corrected chi connectivity index (χ0v) is 11.4. The third-order valence-electron chi connectivity index (χ3n) is 3.76. The van der Waals surface area contributed by atoms with Gasteiger partial charge in [-0.1, -0.05) is 20.3 Å². The lowest BCUT2D eigenvalue weighted by atomic mass is 9.81. The molecule has 0 aromatic carbocycles. The van der Waals surface area contributed by atoms with Gasteiger partial charge in [-0.3, -0.25) is 4.79 Å². The second-order valence-electron chi connectivity index (χ2n) is 5.59. The van der Waals surface area contributed by atoms with E-state index in [1.807, 2.05) is 7.05 Å². The van der Waals surface area contributed by atoms with Crippen molar-refractivity contribution in [1.29, 1.82) is 0 Å². The second kappa shape index (κ2) is 6.36. The van der Waals surface area contributed by atoms with Gasteiger partial charge in [-0.15, -0.1) is 0 Å². The Bertz CT molecular complexity index is 254. The van der Waals surface area contributed by atoms with Crippen LogP contribution in [0, 0.1) is 11.3 Å². The van der Waals surface area contributed by atoms with Crippen molar-refractivity contribution in [2.75, 3.05) is 33.4 Å². The summed E-state index contributed by atoms with van der Waals surface area (Å²) in [5.74, 6) is 0.450. The topological polar surface area (TPSA) is 55.6 Å². The predicted molar refractivity (Wildman–Crippen MR) is 68.6 cm³/mol. The number of nitrogens with zero attached hydrogens (tertiary/aromatic N) is 1. The Morgan fingerprint density at radius 3 is 2.71 bits per heavy atom. The molecule has 100 valence electrons. The molecule has 0 saturated heterocycles. The van der Waals surface area contributed by atoms with Crippen LogP contribution in [0.5, 0.6) is 0 Å². The Labute approximate surface area is 104 Å². The smallest absolute Gasteiger partial charge is 0.226 e. The number of hydrogen-bond acceptors (Lipinski definition) is 3. The summed E-state index contributed by atoms with van der Waals surface area (Å²) < 4.78 is 5.30. The first-order valence-electron chi connectivity index (χ1n) is 6.52. The standard InChI is InChI=1S/C13H26N2O2/c1-13(2)6-4-5-11(13)12(16)15(3)8-10-17-9-7-14/h11H,4-10,14H2,1-3H3. The van der Waals surface area contributed by atoms with Gasteiger partial charge in [0.1, 0.15) is 0 Å². The molecule has 1 amide bonds. The van der Waals surface area contributed by atoms with Crippen molar-refractivity contribution in [2.24, 2.45) is 17.1 Å². The minimum absolute atomic E-state index is 0.156. The first-order valence-corrected chi connectivity index (χ1v) is 6.52. The van der Waals surface area contributed by atoms with Gasteiger partial charge >= 0.3 is 0 Å². The number of hydrogen-bond donors (Lipinski definition) is 1. The van der Waals surface area contributed by atoms with Gasteiger partial charge in [0.05, 0.1) is 13.2 Å². The maximum absolute atomic E-state index is 12.3. The fourth-order valence-electron chi connectivity index (χ4n) is 2.55. The minimum Gasteiger partial charge on any atom is -0.378 e. The van der Waals surface area contributed by atoms with E-state index in [-0.39, 0.29) is 17.2 Å². The zero-order chi connectivity index (χ0) is 12.9. The molecule has 0 radical (unpaired) electrons. The maximum Gasteiger partial charge on any atom is 0.226 e. The summed E-state index contributed by atoms with van der Waals surface area (Å²) in [4.78, 5) is 14.1. The van der Waals surface area contributed by atoms with Crippen molar-refractivity contribution >= 4 is 5.91 Å². The lowest BCUT2D eigenvalue weighted by molar-refractivity contribution is -0.137. The predicted octanol–water partition coefficient (Wildman–Crippen LogP) is 1.25. The van der Waals surface area contributed by atoms with E-state index in [2.05, 4.69) is 13.8 Å². The largest absolute Gasteiger partial charge is 0.378 e. The lowest BCUT2D eigenvalue weighted by Crippen LogP contribution is -2.39. The van der Waals surface area contributed by atoms with Gasteiger partial charge < -0.3 is 15.4 Å². The molecule has 2 N–H and O–H groups in total. The van der Waals surface area contributed by atoms with Crippen molar-refractivity contribution in [3.8, 4) is 0 Å². The van der Waals surface area contributed by atoms with Crippen LogP contribution in [0.1, 0.15) is 33.1 Å². The Kier molecular flexibility index (Phi) is 5.40. The van der Waals surface area contributed by atoms with E-state index >= 15 is 0 Å². The summed E-state index contributed by atoms with van der Waals surface area (Å²) in [5, 5.41) is 0. The van der Waals surface area contributed by atoms with Gasteiger partial charge in [0.25, 0.3) is 0 Å². The Balaban J connectivity index is 2.36. The summed E-state index contributed by atoms with van der Waals surface area (Å²) in [5.41, 5.74) is 5.49. The highest BCUT2D eigenvalue weighted by Gasteiger charge is 2.40.